The van der Waals surface area contributed by atoms with Crippen LogP contribution in [0.2, 0.25) is 0 Å². The summed E-state index contributed by atoms with van der Waals surface area (Å²) in [6.07, 6.45) is 2.66. The number of hydrogen-bond donors (Lipinski definition) is 2. The van der Waals surface area contributed by atoms with E-state index in [1.54, 1.807) is 48.8 Å². The fourth-order valence-corrected chi connectivity index (χ4v) is 2.47. The van der Waals surface area contributed by atoms with Crippen molar-refractivity contribution in [3.8, 4) is 5.75 Å². The van der Waals surface area contributed by atoms with Gasteiger partial charge in [-0.3, -0.25) is 9.78 Å². The van der Waals surface area contributed by atoms with Crippen LogP contribution in [0.4, 0.5) is 5.69 Å². The van der Waals surface area contributed by atoms with Crippen LogP contribution >= 0.6 is 0 Å². The lowest BCUT2D eigenvalue weighted by atomic mass is 10.1. The van der Waals surface area contributed by atoms with Crippen LogP contribution in [0.15, 0.2) is 79.1 Å². The van der Waals surface area contributed by atoms with E-state index < -0.39 is 6.10 Å². The van der Waals surface area contributed by atoms with Crippen molar-refractivity contribution in [2.45, 2.75) is 19.1 Å². The smallest absolute Gasteiger partial charge is 0.227 e. The monoisotopic (exact) mass is 348 g/mol. The number of hydrogen-bond acceptors (Lipinski definition) is 4. The lowest BCUT2D eigenvalue weighted by molar-refractivity contribution is -0.118. The summed E-state index contributed by atoms with van der Waals surface area (Å²) in [4.78, 5) is 16.1. The molecule has 1 amide bonds. The normalized spacial score (nSPS) is 11.6. The third-order valence-electron chi connectivity index (χ3n) is 3.83. The van der Waals surface area contributed by atoms with Crippen LogP contribution in [0, 0.1) is 0 Å². The number of carbonyl (C=O) groups is 1. The van der Waals surface area contributed by atoms with Crippen molar-refractivity contribution in [2.75, 3.05) is 5.32 Å². The number of ether oxygens (including phenoxy) is 1. The van der Waals surface area contributed by atoms with Crippen LogP contribution in [0.25, 0.3) is 0 Å². The topological polar surface area (TPSA) is 71.5 Å². The van der Waals surface area contributed by atoms with Crippen molar-refractivity contribution in [1.82, 2.24) is 4.98 Å². The van der Waals surface area contributed by atoms with Gasteiger partial charge in [-0.15, -0.1) is 0 Å². The number of nitrogens with one attached hydrogen (secondary N) is 1. The number of aromatic nitrogens is 1. The number of amides is 1. The zero-order valence-corrected chi connectivity index (χ0v) is 14.2. The van der Waals surface area contributed by atoms with Crippen LogP contribution in [-0.4, -0.2) is 16.0 Å². The third-order valence-corrected chi connectivity index (χ3v) is 3.83. The zero-order chi connectivity index (χ0) is 18.2. The lowest BCUT2D eigenvalue weighted by Crippen LogP contribution is -2.15. The minimum atomic E-state index is -0.821. The van der Waals surface area contributed by atoms with E-state index in [0.717, 1.165) is 11.1 Å². The molecule has 0 aliphatic rings. The minimum Gasteiger partial charge on any atom is -0.489 e. The maximum absolute atomic E-state index is 12.1. The second-order valence-corrected chi connectivity index (χ2v) is 5.85. The van der Waals surface area contributed by atoms with Crippen LogP contribution in [0.5, 0.6) is 5.75 Å². The van der Waals surface area contributed by atoms with Gasteiger partial charge < -0.3 is 15.2 Å². The summed E-state index contributed by atoms with van der Waals surface area (Å²) in [5, 5.41) is 12.9. The Morgan fingerprint density at radius 2 is 1.81 bits per heavy atom. The molecule has 1 atom stereocenters. The molecule has 132 valence electrons. The SMILES string of the molecule is O=C(CC(O)c1ccccc1)Nc1ccc(OCc2cccnc2)cc1. The number of nitrogens with zero attached hydrogens (tertiary/aromatic N) is 1. The average molecular weight is 348 g/mol. The highest BCUT2D eigenvalue weighted by Gasteiger charge is 2.12. The summed E-state index contributed by atoms with van der Waals surface area (Å²) in [5.41, 5.74) is 2.37. The highest BCUT2D eigenvalue weighted by atomic mass is 16.5. The van der Waals surface area contributed by atoms with Gasteiger partial charge in [0.2, 0.25) is 5.91 Å². The van der Waals surface area contributed by atoms with Crippen LogP contribution in [0.3, 0.4) is 0 Å². The zero-order valence-electron chi connectivity index (χ0n) is 14.2. The van der Waals surface area contributed by atoms with E-state index in [1.165, 1.54) is 0 Å². The number of anilines is 1. The van der Waals surface area contributed by atoms with E-state index in [4.69, 9.17) is 4.74 Å². The second-order valence-electron chi connectivity index (χ2n) is 5.85. The first kappa shape index (κ1) is 17.6. The van der Waals surface area contributed by atoms with E-state index in [2.05, 4.69) is 10.3 Å². The molecule has 3 aromatic rings. The Labute approximate surface area is 152 Å². The fourth-order valence-electron chi connectivity index (χ4n) is 2.47. The molecule has 0 saturated carbocycles. The molecule has 1 heterocycles. The van der Waals surface area contributed by atoms with E-state index in [0.29, 0.717) is 18.0 Å². The summed E-state index contributed by atoms with van der Waals surface area (Å²) < 4.78 is 5.68. The molecule has 0 spiro atoms. The van der Waals surface area contributed by atoms with Gasteiger partial charge in [0.15, 0.2) is 0 Å². The van der Waals surface area contributed by atoms with Crippen LogP contribution in [0.1, 0.15) is 23.7 Å². The first-order valence-corrected chi connectivity index (χ1v) is 8.35. The third kappa shape index (κ3) is 5.16. The van der Waals surface area contributed by atoms with Crippen LogP contribution < -0.4 is 10.1 Å². The van der Waals surface area contributed by atoms with E-state index >= 15 is 0 Å². The molecule has 2 aromatic carbocycles. The molecule has 0 radical (unpaired) electrons. The standard InChI is InChI=1S/C21H20N2O3/c24-20(17-6-2-1-3-7-17)13-21(25)23-18-8-10-19(11-9-18)26-15-16-5-4-12-22-14-16/h1-12,14,20,24H,13,15H2,(H,23,25). The molecule has 5 heteroatoms. The molecular formula is C21H20N2O3. The van der Waals surface area contributed by atoms with E-state index in [9.17, 15) is 9.90 Å². The van der Waals surface area contributed by atoms with Gasteiger partial charge in [-0.05, 0) is 35.9 Å². The number of benzene rings is 2. The Bertz CT molecular complexity index is 821. The number of aliphatic hydroxyl groups is 1. The maximum Gasteiger partial charge on any atom is 0.227 e. The molecule has 0 bridgehead atoms. The van der Waals surface area contributed by atoms with Crippen LogP contribution in [-0.2, 0) is 11.4 Å². The van der Waals surface area contributed by atoms with Crippen molar-refractivity contribution < 1.29 is 14.6 Å². The summed E-state index contributed by atoms with van der Waals surface area (Å²) >= 11 is 0. The number of rotatable bonds is 7. The molecule has 1 unspecified atom stereocenters. The quantitative estimate of drug-likeness (QED) is 0.683. The average Bonchev–Trinajstić information content (AvgIpc) is 2.69. The van der Waals surface area contributed by atoms with E-state index in [-0.39, 0.29) is 12.3 Å². The fraction of sp³-hybridized carbons (Fsp3) is 0.143. The summed E-state index contributed by atoms with van der Waals surface area (Å²) in [6, 6.07) is 20.1. The molecule has 0 aliphatic carbocycles. The second kappa shape index (κ2) is 8.78. The Morgan fingerprint density at radius 3 is 2.50 bits per heavy atom. The first-order valence-electron chi connectivity index (χ1n) is 8.35. The summed E-state index contributed by atoms with van der Waals surface area (Å²) in [6.45, 7) is 0.433. The number of pyridine rings is 1. The summed E-state index contributed by atoms with van der Waals surface area (Å²) in [7, 11) is 0. The predicted octanol–water partition coefficient (Wildman–Crippen LogP) is 3.72. The predicted molar refractivity (Wildman–Crippen MR) is 99.7 cm³/mol. The van der Waals surface area contributed by atoms with Gasteiger partial charge in [-0.1, -0.05) is 36.4 Å². The van der Waals surface area contributed by atoms with Crippen molar-refractivity contribution in [3.05, 3.63) is 90.3 Å². The van der Waals surface area contributed by atoms with E-state index in [1.807, 2.05) is 30.3 Å². The maximum atomic E-state index is 12.1. The van der Waals surface area contributed by atoms with Crippen molar-refractivity contribution in [2.24, 2.45) is 0 Å². The molecule has 2 N–H and O–H groups in total. The summed E-state index contributed by atoms with van der Waals surface area (Å²) in [5.74, 6) is 0.460. The van der Waals surface area contributed by atoms with Gasteiger partial charge in [0, 0.05) is 23.6 Å². The molecule has 26 heavy (non-hydrogen) atoms. The Kier molecular flexibility index (Phi) is 5.96. The number of carbonyl (C=O) groups excluding carboxylic acids is 1. The van der Waals surface area contributed by atoms with Gasteiger partial charge in [0.25, 0.3) is 0 Å². The molecular weight excluding hydrogens is 328 g/mol. The van der Waals surface area contributed by atoms with Gasteiger partial charge in [0.05, 0.1) is 12.5 Å². The van der Waals surface area contributed by atoms with Gasteiger partial charge in [-0.2, -0.15) is 0 Å². The molecule has 0 aliphatic heterocycles. The van der Waals surface area contributed by atoms with Crippen molar-refractivity contribution in [1.29, 1.82) is 0 Å². The Balaban J connectivity index is 1.50. The lowest BCUT2D eigenvalue weighted by Gasteiger charge is -2.12. The Morgan fingerprint density at radius 1 is 1.04 bits per heavy atom. The molecule has 3 rings (SSSR count). The molecule has 0 fully saturated rings. The largest absolute Gasteiger partial charge is 0.489 e. The number of aliphatic hydroxyl groups excluding tert-OH is 1. The van der Waals surface area contributed by atoms with Crippen molar-refractivity contribution >= 4 is 11.6 Å². The Hall–Kier alpha value is -3.18. The molecule has 1 aromatic heterocycles. The van der Waals surface area contributed by atoms with Gasteiger partial charge >= 0.3 is 0 Å². The van der Waals surface area contributed by atoms with Gasteiger partial charge in [0.1, 0.15) is 12.4 Å². The highest BCUT2D eigenvalue weighted by molar-refractivity contribution is 5.91. The van der Waals surface area contributed by atoms with Crippen molar-refractivity contribution in [3.63, 3.8) is 0 Å². The molecule has 0 saturated heterocycles. The molecule has 5 nitrogen and oxygen atoms in total. The highest BCUT2D eigenvalue weighted by Crippen LogP contribution is 2.19. The van der Waals surface area contributed by atoms with Gasteiger partial charge in [-0.25, -0.2) is 0 Å². The minimum absolute atomic E-state index is 0.00325. The first-order chi connectivity index (χ1) is 12.7.